The maximum absolute atomic E-state index is 11.8. The van der Waals surface area contributed by atoms with Crippen molar-refractivity contribution in [3.8, 4) is 0 Å². The third kappa shape index (κ3) is 4.36. The largest absolute Gasteiger partial charge is 0.391 e. The Morgan fingerprint density at radius 1 is 1.53 bits per heavy atom. The fourth-order valence-electron chi connectivity index (χ4n) is 1.25. The van der Waals surface area contributed by atoms with Crippen LogP contribution in [-0.4, -0.2) is 33.8 Å². The van der Waals surface area contributed by atoms with Crippen molar-refractivity contribution < 1.29 is 18.3 Å². The normalized spacial score (nSPS) is 13.8. The summed E-state index contributed by atoms with van der Waals surface area (Å²) in [4.78, 5) is 0.635. The Labute approximate surface area is 105 Å². The molecule has 0 spiro atoms. The summed E-state index contributed by atoms with van der Waals surface area (Å²) in [5.74, 6) is 0.118. The van der Waals surface area contributed by atoms with Crippen LogP contribution in [0, 0.1) is 5.92 Å². The summed E-state index contributed by atoms with van der Waals surface area (Å²) in [5, 5.41) is 8.88. The number of methoxy groups -OCH3 is 1. The SMILES string of the molecule is COCC(C)CNS(=O)(=O)c1ccc(CO)s1. The predicted molar refractivity (Wildman–Crippen MR) is 66.5 cm³/mol. The highest BCUT2D eigenvalue weighted by Gasteiger charge is 2.17. The highest BCUT2D eigenvalue weighted by atomic mass is 32.2. The number of nitrogens with one attached hydrogen (secondary N) is 1. The molecule has 0 saturated heterocycles. The zero-order chi connectivity index (χ0) is 12.9. The second-order valence-corrected chi connectivity index (χ2v) is 6.95. The maximum atomic E-state index is 11.8. The Morgan fingerprint density at radius 2 is 2.24 bits per heavy atom. The zero-order valence-corrected chi connectivity index (χ0v) is 11.5. The number of aliphatic hydroxyl groups excluding tert-OH is 1. The van der Waals surface area contributed by atoms with Crippen molar-refractivity contribution in [1.82, 2.24) is 4.72 Å². The Hall–Kier alpha value is -0.470. The van der Waals surface area contributed by atoms with Gasteiger partial charge in [-0.1, -0.05) is 6.92 Å². The van der Waals surface area contributed by atoms with Gasteiger partial charge < -0.3 is 9.84 Å². The molecule has 2 N–H and O–H groups in total. The Bertz CT molecular complexity index is 441. The van der Waals surface area contributed by atoms with Gasteiger partial charge in [0.1, 0.15) is 4.21 Å². The quantitative estimate of drug-likeness (QED) is 0.774. The van der Waals surface area contributed by atoms with Gasteiger partial charge in [-0.3, -0.25) is 0 Å². The third-order valence-electron chi connectivity index (χ3n) is 2.13. The number of aliphatic hydroxyl groups is 1. The van der Waals surface area contributed by atoms with Crippen LogP contribution in [-0.2, 0) is 21.4 Å². The molecule has 0 radical (unpaired) electrons. The Kier molecular flexibility index (Phi) is 5.54. The fraction of sp³-hybridized carbons (Fsp3) is 0.600. The molecule has 1 unspecified atom stereocenters. The second-order valence-electron chi connectivity index (χ2n) is 3.79. The molecule has 1 atom stereocenters. The van der Waals surface area contributed by atoms with E-state index in [4.69, 9.17) is 9.84 Å². The minimum atomic E-state index is -3.46. The molecular formula is C10H17NO4S2. The topological polar surface area (TPSA) is 75.6 Å². The summed E-state index contributed by atoms with van der Waals surface area (Å²) in [7, 11) is -1.88. The second kappa shape index (κ2) is 6.46. The molecular weight excluding hydrogens is 262 g/mol. The van der Waals surface area contributed by atoms with Crippen molar-refractivity contribution in [3.63, 3.8) is 0 Å². The van der Waals surface area contributed by atoms with Gasteiger partial charge in [-0.2, -0.15) is 0 Å². The number of hydrogen-bond donors (Lipinski definition) is 2. The van der Waals surface area contributed by atoms with Gasteiger partial charge in [0.15, 0.2) is 0 Å². The van der Waals surface area contributed by atoms with Gasteiger partial charge in [-0.25, -0.2) is 13.1 Å². The van der Waals surface area contributed by atoms with Crippen molar-refractivity contribution in [2.24, 2.45) is 5.92 Å². The van der Waals surface area contributed by atoms with Crippen LogP contribution in [0.25, 0.3) is 0 Å². The van der Waals surface area contributed by atoms with Gasteiger partial charge in [-0.15, -0.1) is 11.3 Å². The van der Waals surface area contributed by atoms with Gasteiger partial charge in [0.25, 0.3) is 0 Å². The van der Waals surface area contributed by atoms with Crippen LogP contribution in [0.1, 0.15) is 11.8 Å². The monoisotopic (exact) mass is 279 g/mol. The Morgan fingerprint density at radius 3 is 2.76 bits per heavy atom. The molecule has 0 aliphatic carbocycles. The first-order chi connectivity index (χ1) is 7.99. The summed E-state index contributed by atoms with van der Waals surface area (Å²) >= 11 is 1.07. The van der Waals surface area contributed by atoms with E-state index >= 15 is 0 Å². The smallest absolute Gasteiger partial charge is 0.250 e. The maximum Gasteiger partial charge on any atom is 0.250 e. The van der Waals surface area contributed by atoms with E-state index < -0.39 is 10.0 Å². The summed E-state index contributed by atoms with van der Waals surface area (Å²) in [6, 6.07) is 3.11. The summed E-state index contributed by atoms with van der Waals surface area (Å²) < 4.78 is 31.4. The van der Waals surface area contributed by atoms with Crippen LogP contribution in [0.4, 0.5) is 0 Å². The number of hydrogen-bond acceptors (Lipinski definition) is 5. The van der Waals surface area contributed by atoms with E-state index in [2.05, 4.69) is 4.72 Å². The molecule has 17 heavy (non-hydrogen) atoms. The first-order valence-corrected chi connectivity index (χ1v) is 7.47. The zero-order valence-electron chi connectivity index (χ0n) is 9.84. The minimum Gasteiger partial charge on any atom is -0.391 e. The lowest BCUT2D eigenvalue weighted by atomic mass is 10.2. The number of rotatable bonds is 7. The van der Waals surface area contributed by atoms with E-state index in [0.717, 1.165) is 11.3 Å². The molecule has 5 nitrogen and oxygen atoms in total. The fourth-order valence-corrected chi connectivity index (χ4v) is 3.68. The molecule has 1 aromatic heterocycles. The predicted octanol–water partition coefficient (Wildman–Crippen LogP) is 0.801. The average molecular weight is 279 g/mol. The lowest BCUT2D eigenvalue weighted by Gasteiger charge is -2.10. The molecule has 98 valence electrons. The van der Waals surface area contributed by atoms with Crippen LogP contribution in [0.15, 0.2) is 16.3 Å². The lowest BCUT2D eigenvalue weighted by Crippen LogP contribution is -2.29. The van der Waals surface area contributed by atoms with Crippen molar-refractivity contribution in [2.75, 3.05) is 20.3 Å². The lowest BCUT2D eigenvalue weighted by molar-refractivity contribution is 0.161. The number of ether oxygens (including phenoxy) is 1. The van der Waals surface area contributed by atoms with Gasteiger partial charge in [0.2, 0.25) is 10.0 Å². The third-order valence-corrected chi connectivity index (χ3v) is 5.12. The van der Waals surface area contributed by atoms with E-state index in [1.165, 1.54) is 6.07 Å². The molecule has 0 aromatic carbocycles. The first-order valence-electron chi connectivity index (χ1n) is 5.17. The van der Waals surface area contributed by atoms with Crippen molar-refractivity contribution in [3.05, 3.63) is 17.0 Å². The summed E-state index contributed by atoms with van der Waals surface area (Å²) in [5.41, 5.74) is 0. The molecule has 0 bridgehead atoms. The molecule has 7 heteroatoms. The van der Waals surface area contributed by atoms with Crippen LogP contribution in [0.5, 0.6) is 0 Å². The number of thiophene rings is 1. The van der Waals surface area contributed by atoms with Gasteiger partial charge in [0, 0.05) is 25.1 Å². The highest BCUT2D eigenvalue weighted by Crippen LogP contribution is 2.21. The van der Waals surface area contributed by atoms with E-state index in [-0.39, 0.29) is 16.7 Å². The molecule has 0 aliphatic heterocycles. The van der Waals surface area contributed by atoms with E-state index in [1.54, 1.807) is 13.2 Å². The van der Waals surface area contributed by atoms with Crippen LogP contribution >= 0.6 is 11.3 Å². The van der Waals surface area contributed by atoms with Crippen molar-refractivity contribution in [2.45, 2.75) is 17.7 Å². The molecule has 0 fully saturated rings. The summed E-state index contributed by atoms with van der Waals surface area (Å²) in [6.45, 7) is 2.61. The van der Waals surface area contributed by atoms with Crippen LogP contribution in [0.3, 0.4) is 0 Å². The van der Waals surface area contributed by atoms with Gasteiger partial charge in [0.05, 0.1) is 6.61 Å². The van der Waals surface area contributed by atoms with Crippen LogP contribution in [0.2, 0.25) is 0 Å². The minimum absolute atomic E-state index is 0.118. The highest BCUT2D eigenvalue weighted by molar-refractivity contribution is 7.91. The standard InChI is InChI=1S/C10H17NO4S2/c1-8(7-15-2)5-11-17(13,14)10-4-3-9(6-12)16-10/h3-4,8,11-12H,5-7H2,1-2H3. The van der Waals surface area contributed by atoms with E-state index in [9.17, 15) is 8.42 Å². The van der Waals surface area contributed by atoms with Gasteiger partial charge >= 0.3 is 0 Å². The van der Waals surface area contributed by atoms with Crippen molar-refractivity contribution >= 4 is 21.4 Å². The molecule has 0 amide bonds. The molecule has 1 heterocycles. The Balaban J connectivity index is 2.62. The van der Waals surface area contributed by atoms with Crippen LogP contribution < -0.4 is 4.72 Å². The van der Waals surface area contributed by atoms with Gasteiger partial charge in [-0.05, 0) is 18.1 Å². The first kappa shape index (κ1) is 14.6. The molecule has 0 aliphatic rings. The number of sulfonamides is 1. The average Bonchev–Trinajstić information content (AvgIpc) is 2.76. The van der Waals surface area contributed by atoms with Crippen molar-refractivity contribution in [1.29, 1.82) is 0 Å². The molecule has 1 rings (SSSR count). The molecule has 0 saturated carbocycles. The van der Waals surface area contributed by atoms with E-state index in [0.29, 0.717) is 18.0 Å². The summed E-state index contributed by atoms with van der Waals surface area (Å²) in [6.07, 6.45) is 0. The van der Waals surface area contributed by atoms with E-state index in [1.807, 2.05) is 6.92 Å². The molecule has 1 aromatic rings.